The van der Waals surface area contributed by atoms with Gasteiger partial charge in [-0.05, 0) is 24.0 Å². The molecule has 0 N–H and O–H groups in total. The molecule has 0 aromatic heterocycles. The molecule has 0 radical (unpaired) electrons. The summed E-state index contributed by atoms with van der Waals surface area (Å²) < 4.78 is 11.6. The second-order valence-corrected chi connectivity index (χ2v) is 5.77. The number of hydrogen-bond donors (Lipinski definition) is 0. The van der Waals surface area contributed by atoms with Crippen molar-refractivity contribution in [2.24, 2.45) is 11.8 Å². The summed E-state index contributed by atoms with van der Waals surface area (Å²) >= 11 is 5.89. The van der Waals surface area contributed by atoms with Crippen molar-refractivity contribution in [2.45, 2.75) is 34.0 Å². The van der Waals surface area contributed by atoms with Crippen LogP contribution < -0.4 is 0 Å². The molecule has 0 unspecified atom stereocenters. The van der Waals surface area contributed by atoms with Gasteiger partial charge in [-0.3, -0.25) is 0 Å². The molecule has 0 saturated heterocycles. The minimum Gasteiger partial charge on any atom is -0.348 e. The lowest BCUT2D eigenvalue weighted by Gasteiger charge is -2.21. The van der Waals surface area contributed by atoms with Crippen LogP contribution in [0.1, 0.15) is 39.5 Å². The van der Waals surface area contributed by atoms with Crippen LogP contribution in [0.15, 0.2) is 24.3 Å². The summed E-state index contributed by atoms with van der Waals surface area (Å²) in [6.07, 6.45) is -0.299. The van der Waals surface area contributed by atoms with Crippen LogP contribution in [0.5, 0.6) is 0 Å². The minimum atomic E-state index is -0.299. The molecule has 1 rings (SSSR count). The van der Waals surface area contributed by atoms with Crippen LogP contribution in [0.3, 0.4) is 0 Å². The zero-order valence-corrected chi connectivity index (χ0v) is 12.4. The van der Waals surface area contributed by atoms with Gasteiger partial charge in [-0.15, -0.1) is 0 Å². The highest BCUT2D eigenvalue weighted by Crippen LogP contribution is 2.22. The van der Waals surface area contributed by atoms with Crippen molar-refractivity contribution in [3.8, 4) is 0 Å². The average molecular weight is 271 g/mol. The quantitative estimate of drug-likeness (QED) is 0.670. The first kappa shape index (κ1) is 15.5. The van der Waals surface area contributed by atoms with Gasteiger partial charge in [0.2, 0.25) is 0 Å². The maximum absolute atomic E-state index is 5.89. The summed E-state index contributed by atoms with van der Waals surface area (Å²) in [5.41, 5.74) is 1.01. The summed E-state index contributed by atoms with van der Waals surface area (Å²) in [4.78, 5) is 0. The molecular formula is C15H23ClO2. The molecule has 18 heavy (non-hydrogen) atoms. The molecule has 3 heteroatoms. The predicted octanol–water partition coefficient (Wildman–Crippen LogP) is 4.68. The van der Waals surface area contributed by atoms with Gasteiger partial charge in [0.25, 0.3) is 0 Å². The molecule has 1 aromatic carbocycles. The summed E-state index contributed by atoms with van der Waals surface area (Å²) in [6.45, 7) is 9.88. The van der Waals surface area contributed by atoms with Crippen molar-refractivity contribution in [3.63, 3.8) is 0 Å². The molecular weight excluding hydrogens is 248 g/mol. The van der Waals surface area contributed by atoms with Gasteiger partial charge in [0, 0.05) is 10.6 Å². The fourth-order valence-corrected chi connectivity index (χ4v) is 1.55. The molecule has 0 saturated carbocycles. The first-order chi connectivity index (χ1) is 8.49. The van der Waals surface area contributed by atoms with E-state index in [4.69, 9.17) is 21.1 Å². The average Bonchev–Trinajstić information content (AvgIpc) is 2.30. The van der Waals surface area contributed by atoms with E-state index in [1.165, 1.54) is 0 Å². The largest absolute Gasteiger partial charge is 0.348 e. The third-order valence-corrected chi connectivity index (χ3v) is 2.56. The molecule has 0 aliphatic rings. The van der Waals surface area contributed by atoms with E-state index in [2.05, 4.69) is 27.7 Å². The third kappa shape index (κ3) is 5.85. The first-order valence-corrected chi connectivity index (χ1v) is 6.85. The predicted molar refractivity (Wildman–Crippen MR) is 75.8 cm³/mol. The monoisotopic (exact) mass is 270 g/mol. The molecule has 0 bridgehead atoms. The number of ether oxygens (including phenoxy) is 2. The van der Waals surface area contributed by atoms with E-state index < -0.39 is 0 Å². The molecule has 102 valence electrons. The van der Waals surface area contributed by atoms with Crippen molar-refractivity contribution >= 4 is 11.6 Å². The summed E-state index contributed by atoms with van der Waals surface area (Å²) in [7, 11) is 0. The molecule has 0 atom stereocenters. The lowest BCUT2D eigenvalue weighted by molar-refractivity contribution is -0.158. The maximum atomic E-state index is 5.89. The first-order valence-electron chi connectivity index (χ1n) is 6.47. The van der Waals surface area contributed by atoms with E-state index in [0.29, 0.717) is 25.0 Å². The Hall–Kier alpha value is -0.570. The highest BCUT2D eigenvalue weighted by atomic mass is 35.5. The lowest BCUT2D eigenvalue weighted by Crippen LogP contribution is -2.15. The topological polar surface area (TPSA) is 18.5 Å². The Labute approximate surface area is 115 Å². The molecule has 0 heterocycles. The molecule has 0 spiro atoms. The fraction of sp³-hybridized carbons (Fsp3) is 0.600. The molecule has 0 aliphatic carbocycles. The Morgan fingerprint density at radius 3 is 1.72 bits per heavy atom. The zero-order valence-electron chi connectivity index (χ0n) is 11.7. The Morgan fingerprint density at radius 2 is 1.33 bits per heavy atom. The van der Waals surface area contributed by atoms with Gasteiger partial charge in [0.05, 0.1) is 13.2 Å². The minimum absolute atomic E-state index is 0.299. The van der Waals surface area contributed by atoms with E-state index in [0.717, 1.165) is 10.6 Å². The van der Waals surface area contributed by atoms with E-state index >= 15 is 0 Å². The highest BCUT2D eigenvalue weighted by molar-refractivity contribution is 6.30. The standard InChI is InChI=1S/C15H23ClO2/c1-11(2)9-17-15(18-10-12(3)4)13-5-7-14(16)8-6-13/h5-8,11-12,15H,9-10H2,1-4H3. The second kappa shape index (κ2) is 7.78. The number of hydrogen-bond acceptors (Lipinski definition) is 2. The van der Waals surface area contributed by atoms with Crippen LogP contribution in [0.4, 0.5) is 0 Å². The van der Waals surface area contributed by atoms with E-state index in [9.17, 15) is 0 Å². The van der Waals surface area contributed by atoms with Crippen molar-refractivity contribution in [3.05, 3.63) is 34.9 Å². The summed E-state index contributed by atoms with van der Waals surface area (Å²) in [5, 5.41) is 0.727. The van der Waals surface area contributed by atoms with Crippen molar-refractivity contribution in [1.82, 2.24) is 0 Å². The van der Waals surface area contributed by atoms with Gasteiger partial charge in [-0.1, -0.05) is 51.4 Å². The van der Waals surface area contributed by atoms with Crippen LogP contribution in [-0.4, -0.2) is 13.2 Å². The van der Waals surface area contributed by atoms with Crippen LogP contribution in [0.2, 0.25) is 5.02 Å². The molecule has 1 aromatic rings. The van der Waals surface area contributed by atoms with Crippen LogP contribution in [0, 0.1) is 11.8 Å². The van der Waals surface area contributed by atoms with Crippen molar-refractivity contribution < 1.29 is 9.47 Å². The number of halogens is 1. The highest BCUT2D eigenvalue weighted by Gasteiger charge is 2.14. The molecule has 2 nitrogen and oxygen atoms in total. The number of rotatable bonds is 7. The van der Waals surface area contributed by atoms with Gasteiger partial charge in [-0.25, -0.2) is 0 Å². The van der Waals surface area contributed by atoms with Gasteiger partial charge in [0.15, 0.2) is 6.29 Å². The molecule has 0 aliphatic heterocycles. The van der Waals surface area contributed by atoms with Crippen LogP contribution in [-0.2, 0) is 9.47 Å². The maximum Gasteiger partial charge on any atom is 0.183 e. The van der Waals surface area contributed by atoms with E-state index in [1.807, 2.05) is 24.3 Å². The SMILES string of the molecule is CC(C)COC(OCC(C)C)c1ccc(Cl)cc1. The van der Waals surface area contributed by atoms with Crippen molar-refractivity contribution in [1.29, 1.82) is 0 Å². The Bertz CT molecular complexity index is 321. The van der Waals surface area contributed by atoms with Gasteiger partial charge < -0.3 is 9.47 Å². The van der Waals surface area contributed by atoms with Crippen molar-refractivity contribution in [2.75, 3.05) is 13.2 Å². The van der Waals surface area contributed by atoms with Gasteiger partial charge >= 0.3 is 0 Å². The lowest BCUT2D eigenvalue weighted by atomic mass is 10.2. The van der Waals surface area contributed by atoms with Crippen LogP contribution >= 0.6 is 11.6 Å². The molecule has 0 fully saturated rings. The Kier molecular flexibility index (Phi) is 6.69. The van der Waals surface area contributed by atoms with Gasteiger partial charge in [0.1, 0.15) is 0 Å². The van der Waals surface area contributed by atoms with Crippen LogP contribution in [0.25, 0.3) is 0 Å². The summed E-state index contributed by atoms with van der Waals surface area (Å²) in [5.74, 6) is 0.977. The smallest absolute Gasteiger partial charge is 0.183 e. The summed E-state index contributed by atoms with van der Waals surface area (Å²) in [6, 6.07) is 7.63. The van der Waals surface area contributed by atoms with E-state index in [-0.39, 0.29) is 6.29 Å². The Morgan fingerprint density at radius 1 is 0.889 bits per heavy atom. The number of benzene rings is 1. The van der Waals surface area contributed by atoms with E-state index in [1.54, 1.807) is 0 Å². The second-order valence-electron chi connectivity index (χ2n) is 5.34. The normalized spacial score (nSPS) is 11.8. The van der Waals surface area contributed by atoms with Gasteiger partial charge in [-0.2, -0.15) is 0 Å². The zero-order chi connectivity index (χ0) is 13.5. The molecule has 0 amide bonds. The Balaban J connectivity index is 2.66. The fourth-order valence-electron chi connectivity index (χ4n) is 1.42. The third-order valence-electron chi connectivity index (χ3n) is 2.30.